The van der Waals surface area contributed by atoms with E-state index in [9.17, 15) is 0 Å². The van der Waals surface area contributed by atoms with E-state index in [4.69, 9.17) is 11.6 Å². The number of hydrogen-bond donors (Lipinski definition) is 0. The molecular weight excluding hydrogens is 232 g/mol. The summed E-state index contributed by atoms with van der Waals surface area (Å²) in [5.41, 5.74) is 1.10. The Bertz CT molecular complexity index is 354. The van der Waals surface area contributed by atoms with Crippen LogP contribution in [-0.4, -0.2) is 22.5 Å². The summed E-state index contributed by atoms with van der Waals surface area (Å²) >= 11 is 5.94. The molecule has 1 aromatic heterocycles. The molecule has 0 bridgehead atoms. The molecule has 0 spiro atoms. The van der Waals surface area contributed by atoms with Gasteiger partial charge in [-0.2, -0.15) is 0 Å². The van der Waals surface area contributed by atoms with Crippen LogP contribution in [0.3, 0.4) is 0 Å². The van der Waals surface area contributed by atoms with Gasteiger partial charge in [-0.3, -0.25) is 4.90 Å². The summed E-state index contributed by atoms with van der Waals surface area (Å²) in [6.07, 6.45) is 6.63. The molecule has 17 heavy (non-hydrogen) atoms. The van der Waals surface area contributed by atoms with Crippen LogP contribution in [0.5, 0.6) is 0 Å². The summed E-state index contributed by atoms with van der Waals surface area (Å²) < 4.78 is 0. The summed E-state index contributed by atoms with van der Waals surface area (Å²) in [5.74, 6) is 0. The SMILES string of the molecule is CCC1CCCCCN1Cc1cccc(Cl)n1. The summed E-state index contributed by atoms with van der Waals surface area (Å²) in [6.45, 7) is 4.43. The van der Waals surface area contributed by atoms with Crippen molar-refractivity contribution in [1.82, 2.24) is 9.88 Å². The lowest BCUT2D eigenvalue weighted by Crippen LogP contribution is -2.34. The molecule has 1 atom stereocenters. The van der Waals surface area contributed by atoms with Crippen LogP contribution in [-0.2, 0) is 6.54 Å². The van der Waals surface area contributed by atoms with Crippen LogP contribution in [0.2, 0.25) is 5.15 Å². The van der Waals surface area contributed by atoms with Gasteiger partial charge >= 0.3 is 0 Å². The highest BCUT2D eigenvalue weighted by atomic mass is 35.5. The van der Waals surface area contributed by atoms with Crippen molar-refractivity contribution in [2.45, 2.75) is 51.6 Å². The molecule has 0 aromatic carbocycles. The standard InChI is InChI=1S/C14H21ClN2/c1-2-13-8-4-3-5-10-17(13)11-12-7-6-9-14(15)16-12/h6-7,9,13H,2-5,8,10-11H2,1H3. The third-order valence-electron chi connectivity index (χ3n) is 3.61. The van der Waals surface area contributed by atoms with Gasteiger partial charge in [0.15, 0.2) is 0 Å². The van der Waals surface area contributed by atoms with E-state index in [-0.39, 0.29) is 0 Å². The minimum atomic E-state index is 0.602. The lowest BCUT2D eigenvalue weighted by molar-refractivity contribution is 0.184. The summed E-state index contributed by atoms with van der Waals surface area (Å²) in [5, 5.41) is 0.602. The van der Waals surface area contributed by atoms with Crippen molar-refractivity contribution in [1.29, 1.82) is 0 Å². The van der Waals surface area contributed by atoms with Crippen LogP contribution in [0.4, 0.5) is 0 Å². The minimum Gasteiger partial charge on any atom is -0.295 e. The number of pyridine rings is 1. The normalized spacial score (nSPS) is 22.4. The van der Waals surface area contributed by atoms with E-state index in [1.165, 1.54) is 38.6 Å². The number of aromatic nitrogens is 1. The first-order valence-electron chi connectivity index (χ1n) is 6.65. The van der Waals surface area contributed by atoms with Crippen LogP contribution in [0.1, 0.15) is 44.7 Å². The van der Waals surface area contributed by atoms with Crippen molar-refractivity contribution in [3.63, 3.8) is 0 Å². The molecule has 3 heteroatoms. The van der Waals surface area contributed by atoms with Gasteiger partial charge < -0.3 is 0 Å². The Kier molecular flexibility index (Phi) is 4.81. The van der Waals surface area contributed by atoms with Crippen molar-refractivity contribution < 1.29 is 0 Å². The van der Waals surface area contributed by atoms with Crippen molar-refractivity contribution >= 4 is 11.6 Å². The molecule has 94 valence electrons. The van der Waals surface area contributed by atoms with Crippen LogP contribution < -0.4 is 0 Å². The third-order valence-corrected chi connectivity index (χ3v) is 3.82. The molecule has 1 aromatic rings. The van der Waals surface area contributed by atoms with Crippen LogP contribution in [0.15, 0.2) is 18.2 Å². The highest BCUT2D eigenvalue weighted by Crippen LogP contribution is 2.21. The predicted molar refractivity (Wildman–Crippen MR) is 72.2 cm³/mol. The zero-order valence-corrected chi connectivity index (χ0v) is 11.3. The second-order valence-electron chi connectivity index (χ2n) is 4.83. The van der Waals surface area contributed by atoms with Crippen molar-refractivity contribution in [3.8, 4) is 0 Å². The average molecular weight is 253 g/mol. The number of rotatable bonds is 3. The van der Waals surface area contributed by atoms with Gasteiger partial charge in [0.1, 0.15) is 5.15 Å². The van der Waals surface area contributed by atoms with Gasteiger partial charge in [-0.15, -0.1) is 0 Å². The maximum atomic E-state index is 5.94. The first-order chi connectivity index (χ1) is 8.29. The summed E-state index contributed by atoms with van der Waals surface area (Å²) in [4.78, 5) is 6.97. The Morgan fingerprint density at radius 1 is 1.35 bits per heavy atom. The zero-order valence-electron chi connectivity index (χ0n) is 10.5. The Balaban J connectivity index is 2.04. The molecule has 0 radical (unpaired) electrons. The fraction of sp³-hybridized carbons (Fsp3) is 0.643. The molecular formula is C14H21ClN2. The number of halogens is 1. The molecule has 0 saturated carbocycles. The summed E-state index contributed by atoms with van der Waals surface area (Å²) in [7, 11) is 0. The lowest BCUT2D eigenvalue weighted by Gasteiger charge is -2.28. The molecule has 1 aliphatic heterocycles. The van der Waals surface area contributed by atoms with Gasteiger partial charge in [-0.25, -0.2) is 4.98 Å². The van der Waals surface area contributed by atoms with Crippen molar-refractivity contribution in [2.24, 2.45) is 0 Å². The second kappa shape index (κ2) is 6.36. The van der Waals surface area contributed by atoms with Gasteiger partial charge in [-0.1, -0.05) is 37.4 Å². The van der Waals surface area contributed by atoms with Crippen molar-refractivity contribution in [2.75, 3.05) is 6.54 Å². The van der Waals surface area contributed by atoms with Crippen LogP contribution in [0.25, 0.3) is 0 Å². The first-order valence-corrected chi connectivity index (χ1v) is 7.03. The minimum absolute atomic E-state index is 0.602. The molecule has 2 rings (SSSR count). The van der Waals surface area contributed by atoms with E-state index in [0.717, 1.165) is 18.3 Å². The van der Waals surface area contributed by atoms with E-state index >= 15 is 0 Å². The fourth-order valence-electron chi connectivity index (χ4n) is 2.65. The molecule has 0 aliphatic carbocycles. The molecule has 1 unspecified atom stereocenters. The largest absolute Gasteiger partial charge is 0.295 e. The zero-order chi connectivity index (χ0) is 12.1. The van der Waals surface area contributed by atoms with E-state index < -0.39 is 0 Å². The highest BCUT2D eigenvalue weighted by Gasteiger charge is 2.19. The monoisotopic (exact) mass is 252 g/mol. The topological polar surface area (TPSA) is 16.1 Å². The number of hydrogen-bond acceptors (Lipinski definition) is 2. The molecule has 0 amide bonds. The van der Waals surface area contributed by atoms with Crippen molar-refractivity contribution in [3.05, 3.63) is 29.0 Å². The van der Waals surface area contributed by atoms with Gasteiger partial charge in [0.25, 0.3) is 0 Å². The fourth-order valence-corrected chi connectivity index (χ4v) is 2.84. The summed E-state index contributed by atoms with van der Waals surface area (Å²) in [6, 6.07) is 6.62. The smallest absolute Gasteiger partial charge is 0.129 e. The van der Waals surface area contributed by atoms with E-state index in [0.29, 0.717) is 5.15 Å². The van der Waals surface area contributed by atoms with E-state index in [1.54, 1.807) is 0 Å². The maximum absolute atomic E-state index is 5.94. The molecule has 1 saturated heterocycles. The highest BCUT2D eigenvalue weighted by molar-refractivity contribution is 6.29. The molecule has 1 aliphatic rings. The van der Waals surface area contributed by atoms with Gasteiger partial charge in [-0.05, 0) is 37.9 Å². The van der Waals surface area contributed by atoms with Gasteiger partial charge in [0.2, 0.25) is 0 Å². The molecule has 1 fully saturated rings. The maximum Gasteiger partial charge on any atom is 0.129 e. The third kappa shape index (κ3) is 3.68. The predicted octanol–water partition coefficient (Wildman–Crippen LogP) is 3.89. The quantitative estimate of drug-likeness (QED) is 0.759. The Morgan fingerprint density at radius 3 is 3.00 bits per heavy atom. The lowest BCUT2D eigenvalue weighted by atomic mass is 10.1. The molecule has 2 heterocycles. The molecule has 2 nitrogen and oxygen atoms in total. The Labute approximate surface area is 109 Å². The van der Waals surface area contributed by atoms with Gasteiger partial charge in [0.05, 0.1) is 5.69 Å². The van der Waals surface area contributed by atoms with E-state index in [2.05, 4.69) is 22.9 Å². The van der Waals surface area contributed by atoms with Crippen LogP contribution in [0, 0.1) is 0 Å². The van der Waals surface area contributed by atoms with E-state index in [1.807, 2.05) is 12.1 Å². The van der Waals surface area contributed by atoms with Crippen LogP contribution >= 0.6 is 11.6 Å². The second-order valence-corrected chi connectivity index (χ2v) is 5.22. The average Bonchev–Trinajstić information content (AvgIpc) is 2.54. The Hall–Kier alpha value is -0.600. The number of nitrogens with zero attached hydrogens (tertiary/aromatic N) is 2. The number of likely N-dealkylation sites (tertiary alicyclic amines) is 1. The first kappa shape index (κ1) is 12.8. The van der Waals surface area contributed by atoms with Gasteiger partial charge in [0, 0.05) is 12.6 Å². The molecule has 0 N–H and O–H groups in total. The Morgan fingerprint density at radius 2 is 2.24 bits per heavy atom.